The van der Waals surface area contributed by atoms with E-state index in [1.165, 1.54) is 5.69 Å². The monoisotopic (exact) mass is 243 g/mol. The van der Waals surface area contributed by atoms with Crippen molar-refractivity contribution in [2.45, 2.75) is 12.8 Å². The molecule has 0 amide bonds. The quantitative estimate of drug-likeness (QED) is 0.811. The summed E-state index contributed by atoms with van der Waals surface area (Å²) in [5.74, 6) is 1.30. The second-order valence-corrected chi connectivity index (χ2v) is 4.60. The van der Waals surface area contributed by atoms with Gasteiger partial charge in [0.05, 0.1) is 16.4 Å². The average Bonchev–Trinajstić information content (AvgIpc) is 2.60. The Bertz CT molecular complexity index is 288. The van der Waals surface area contributed by atoms with Gasteiger partial charge in [-0.2, -0.15) is 5.10 Å². The lowest BCUT2D eigenvalue weighted by Gasteiger charge is -2.14. The number of hydrogen-bond donors (Lipinski definition) is 1. The summed E-state index contributed by atoms with van der Waals surface area (Å²) in [6, 6.07) is 0. The maximum Gasteiger partial charge on any atom is 0.0635 e. The van der Waals surface area contributed by atoms with E-state index in [0.717, 1.165) is 17.6 Å². The summed E-state index contributed by atoms with van der Waals surface area (Å²) in [6.07, 6.45) is 1.88. The molecule has 0 aromatic carbocycles. The molecule has 0 aliphatic carbocycles. The molecule has 4 heteroatoms. The Hall–Kier alpha value is -0.350. The molecule has 72 valence electrons. The summed E-state index contributed by atoms with van der Waals surface area (Å²) < 4.78 is 3.11. The third-order valence-electron chi connectivity index (χ3n) is 2.81. The summed E-state index contributed by atoms with van der Waals surface area (Å²) in [5.41, 5.74) is 1.32. The Morgan fingerprint density at radius 2 is 2.38 bits per heavy atom. The van der Waals surface area contributed by atoms with Crippen LogP contribution in [0.25, 0.3) is 0 Å². The lowest BCUT2D eigenvalue weighted by molar-refractivity contribution is 0.528. The molecule has 0 saturated carbocycles. The van der Waals surface area contributed by atoms with Crippen LogP contribution in [0.15, 0.2) is 10.7 Å². The smallest absolute Gasteiger partial charge is 0.0635 e. The van der Waals surface area contributed by atoms with Gasteiger partial charge in [-0.3, -0.25) is 4.68 Å². The van der Waals surface area contributed by atoms with Crippen LogP contribution in [0, 0.1) is 5.92 Å². The largest absolute Gasteiger partial charge is 0.316 e. The number of nitrogens with one attached hydrogen (secondary N) is 1. The fourth-order valence-electron chi connectivity index (χ4n) is 2.01. The van der Waals surface area contributed by atoms with Gasteiger partial charge in [0.25, 0.3) is 0 Å². The number of halogens is 1. The van der Waals surface area contributed by atoms with E-state index < -0.39 is 0 Å². The molecule has 1 fully saturated rings. The molecule has 2 heterocycles. The van der Waals surface area contributed by atoms with E-state index in [9.17, 15) is 0 Å². The first-order valence-corrected chi connectivity index (χ1v) is 5.37. The van der Waals surface area contributed by atoms with E-state index >= 15 is 0 Å². The van der Waals surface area contributed by atoms with Crippen LogP contribution in [-0.2, 0) is 7.05 Å². The van der Waals surface area contributed by atoms with Crippen LogP contribution in [0.4, 0.5) is 0 Å². The van der Waals surface area contributed by atoms with Crippen molar-refractivity contribution in [3.63, 3.8) is 0 Å². The van der Waals surface area contributed by atoms with Gasteiger partial charge in [-0.25, -0.2) is 0 Å². The van der Waals surface area contributed by atoms with Gasteiger partial charge in [0.2, 0.25) is 0 Å². The highest BCUT2D eigenvalue weighted by Gasteiger charge is 2.28. The van der Waals surface area contributed by atoms with Crippen LogP contribution in [0.3, 0.4) is 0 Å². The fraction of sp³-hybridized carbons (Fsp3) is 0.667. The molecule has 1 aliphatic rings. The van der Waals surface area contributed by atoms with Crippen LogP contribution in [0.2, 0.25) is 0 Å². The Labute approximate surface area is 86.6 Å². The molecule has 0 bridgehead atoms. The lowest BCUT2D eigenvalue weighted by Crippen LogP contribution is -2.12. The van der Waals surface area contributed by atoms with Gasteiger partial charge in [0, 0.05) is 19.5 Å². The second kappa shape index (κ2) is 3.42. The molecule has 1 aliphatic heterocycles. The van der Waals surface area contributed by atoms with Crippen molar-refractivity contribution in [2.24, 2.45) is 13.0 Å². The molecule has 2 atom stereocenters. The van der Waals surface area contributed by atoms with E-state index in [4.69, 9.17) is 0 Å². The van der Waals surface area contributed by atoms with Crippen LogP contribution < -0.4 is 5.32 Å². The Morgan fingerprint density at radius 1 is 1.62 bits per heavy atom. The second-order valence-electron chi connectivity index (χ2n) is 3.74. The third kappa shape index (κ3) is 1.53. The molecule has 1 aromatic rings. The molecule has 0 radical (unpaired) electrons. The third-order valence-corrected chi connectivity index (χ3v) is 3.42. The lowest BCUT2D eigenvalue weighted by atomic mass is 9.95. The molecule has 13 heavy (non-hydrogen) atoms. The molecule has 1 N–H and O–H groups in total. The van der Waals surface area contributed by atoms with Crippen molar-refractivity contribution < 1.29 is 0 Å². The maximum atomic E-state index is 4.24. The molecule has 2 rings (SSSR count). The van der Waals surface area contributed by atoms with E-state index in [2.05, 4.69) is 33.3 Å². The van der Waals surface area contributed by atoms with Crippen molar-refractivity contribution in [2.75, 3.05) is 13.1 Å². The highest BCUT2D eigenvalue weighted by molar-refractivity contribution is 9.10. The van der Waals surface area contributed by atoms with Crippen molar-refractivity contribution >= 4 is 15.9 Å². The fourth-order valence-corrected chi connectivity index (χ4v) is 2.66. The summed E-state index contributed by atoms with van der Waals surface area (Å²) >= 11 is 3.54. The van der Waals surface area contributed by atoms with Gasteiger partial charge in [-0.05, 0) is 28.4 Å². The molecular formula is C9H14BrN3. The normalized spacial score (nSPS) is 28.2. The molecule has 1 aromatic heterocycles. The Morgan fingerprint density at radius 3 is 2.85 bits per heavy atom. The first kappa shape index (κ1) is 9.21. The number of nitrogens with zero attached hydrogens (tertiary/aromatic N) is 2. The minimum atomic E-state index is 0.599. The zero-order chi connectivity index (χ0) is 9.42. The van der Waals surface area contributed by atoms with Gasteiger partial charge in [-0.1, -0.05) is 6.92 Å². The number of aryl methyl sites for hydroxylation is 1. The number of hydrogen-bond acceptors (Lipinski definition) is 2. The Balaban J connectivity index is 2.33. The minimum Gasteiger partial charge on any atom is -0.316 e. The highest BCUT2D eigenvalue weighted by atomic mass is 79.9. The van der Waals surface area contributed by atoms with Crippen LogP contribution in [0.1, 0.15) is 18.5 Å². The van der Waals surface area contributed by atoms with Crippen molar-refractivity contribution in [1.29, 1.82) is 0 Å². The van der Waals surface area contributed by atoms with E-state index in [-0.39, 0.29) is 0 Å². The first-order chi connectivity index (χ1) is 6.20. The van der Waals surface area contributed by atoms with Crippen LogP contribution in [0.5, 0.6) is 0 Å². The van der Waals surface area contributed by atoms with Crippen LogP contribution >= 0.6 is 15.9 Å². The zero-order valence-electron chi connectivity index (χ0n) is 7.92. The summed E-state index contributed by atoms with van der Waals surface area (Å²) in [6.45, 7) is 4.46. The van der Waals surface area contributed by atoms with E-state index in [1.54, 1.807) is 0 Å². The number of rotatable bonds is 1. The molecule has 0 spiro atoms. The van der Waals surface area contributed by atoms with Gasteiger partial charge < -0.3 is 5.32 Å². The predicted molar refractivity (Wildman–Crippen MR) is 55.7 cm³/mol. The van der Waals surface area contributed by atoms with Crippen molar-refractivity contribution in [1.82, 2.24) is 15.1 Å². The van der Waals surface area contributed by atoms with Gasteiger partial charge in [0.1, 0.15) is 0 Å². The van der Waals surface area contributed by atoms with Gasteiger partial charge in [0.15, 0.2) is 0 Å². The summed E-state index contributed by atoms with van der Waals surface area (Å²) in [7, 11) is 2.01. The van der Waals surface area contributed by atoms with Crippen molar-refractivity contribution in [3.8, 4) is 0 Å². The summed E-state index contributed by atoms with van der Waals surface area (Å²) in [5, 5.41) is 7.64. The molecule has 3 nitrogen and oxygen atoms in total. The van der Waals surface area contributed by atoms with Gasteiger partial charge >= 0.3 is 0 Å². The van der Waals surface area contributed by atoms with Crippen molar-refractivity contribution in [3.05, 3.63) is 16.4 Å². The SMILES string of the molecule is CC1CNCC1c1c(Br)cnn1C. The number of aromatic nitrogens is 2. The van der Waals surface area contributed by atoms with E-state index in [0.29, 0.717) is 11.8 Å². The molecular weight excluding hydrogens is 230 g/mol. The highest BCUT2D eigenvalue weighted by Crippen LogP contribution is 2.31. The van der Waals surface area contributed by atoms with Gasteiger partial charge in [-0.15, -0.1) is 0 Å². The molecule has 1 saturated heterocycles. The standard InChI is InChI=1S/C9H14BrN3/c1-6-3-11-4-7(6)9-8(10)5-12-13(9)2/h5-7,11H,3-4H2,1-2H3. The topological polar surface area (TPSA) is 29.9 Å². The van der Waals surface area contributed by atoms with Crippen LogP contribution in [-0.4, -0.2) is 22.9 Å². The molecule has 2 unspecified atom stereocenters. The Kier molecular flexibility index (Phi) is 2.43. The summed E-state index contributed by atoms with van der Waals surface area (Å²) in [4.78, 5) is 0. The average molecular weight is 244 g/mol. The predicted octanol–water partition coefficient (Wildman–Crippen LogP) is 1.51. The first-order valence-electron chi connectivity index (χ1n) is 4.58. The zero-order valence-corrected chi connectivity index (χ0v) is 9.50. The minimum absolute atomic E-state index is 0.599. The van der Waals surface area contributed by atoms with E-state index in [1.807, 2.05) is 17.9 Å². The maximum absolute atomic E-state index is 4.24.